The van der Waals surface area contributed by atoms with E-state index in [-0.39, 0.29) is 17.2 Å². The Bertz CT molecular complexity index is 198. The Hall–Kier alpha value is -0.160. The molecule has 0 spiro atoms. The molecule has 0 aromatic carbocycles. The number of nitrogens with zero attached hydrogens (tertiary/aromatic N) is 1. The second kappa shape index (κ2) is 4.37. The molecule has 0 aromatic heterocycles. The van der Waals surface area contributed by atoms with E-state index in [4.69, 9.17) is 9.47 Å². The highest BCUT2D eigenvalue weighted by atomic mass is 16.7. The molecule has 0 amide bonds. The molecule has 0 atom stereocenters. The van der Waals surface area contributed by atoms with E-state index in [9.17, 15) is 5.21 Å². The number of hydroxylamine groups is 2. The number of hydrogen-bond donors (Lipinski definition) is 1. The van der Waals surface area contributed by atoms with Crippen LogP contribution in [0.4, 0.5) is 0 Å². The van der Waals surface area contributed by atoms with Gasteiger partial charge in [-0.05, 0) is 40.5 Å². The van der Waals surface area contributed by atoms with Gasteiger partial charge in [0.2, 0.25) is 0 Å². The Morgan fingerprint density at radius 1 is 1.20 bits per heavy atom. The second-order valence-corrected chi connectivity index (χ2v) is 5.54. The summed E-state index contributed by atoms with van der Waals surface area (Å²) in [6.45, 7) is 8.42. The fraction of sp³-hybridized carbons (Fsp3) is 1.00. The first-order valence-electron chi connectivity index (χ1n) is 5.39. The van der Waals surface area contributed by atoms with E-state index in [0.29, 0.717) is 6.79 Å². The summed E-state index contributed by atoms with van der Waals surface area (Å²) in [7, 11) is 1.62. The molecule has 1 rings (SSSR count). The zero-order valence-electron chi connectivity index (χ0n) is 10.4. The quantitative estimate of drug-likeness (QED) is 0.734. The van der Waals surface area contributed by atoms with Gasteiger partial charge >= 0.3 is 0 Å². The standard InChI is InChI=1S/C11H23NO3/c1-10(2)6-9(15-8-14-5)7-11(3,4)12(10)13/h9,13H,6-8H2,1-5H3. The number of piperidine rings is 1. The van der Waals surface area contributed by atoms with E-state index >= 15 is 0 Å². The molecule has 0 bridgehead atoms. The predicted molar refractivity (Wildman–Crippen MR) is 57.8 cm³/mol. The van der Waals surface area contributed by atoms with E-state index in [1.807, 2.05) is 27.7 Å². The number of ether oxygens (including phenoxy) is 2. The molecule has 90 valence electrons. The third-order valence-electron chi connectivity index (χ3n) is 3.02. The molecule has 4 heteroatoms. The molecule has 0 saturated carbocycles. The van der Waals surface area contributed by atoms with Gasteiger partial charge in [0.25, 0.3) is 0 Å². The first-order chi connectivity index (χ1) is 6.79. The summed E-state index contributed by atoms with van der Waals surface area (Å²) < 4.78 is 10.5. The van der Waals surface area contributed by atoms with Crippen LogP contribution in [0.3, 0.4) is 0 Å². The van der Waals surface area contributed by atoms with Crippen molar-refractivity contribution in [3.8, 4) is 0 Å². The predicted octanol–water partition coefficient (Wildman–Crippen LogP) is 2.02. The lowest BCUT2D eigenvalue weighted by Gasteiger charge is -2.51. The first kappa shape index (κ1) is 12.9. The molecule has 1 aliphatic rings. The van der Waals surface area contributed by atoms with Gasteiger partial charge in [0.05, 0.1) is 6.10 Å². The number of methoxy groups -OCH3 is 1. The van der Waals surface area contributed by atoms with Gasteiger partial charge in [0, 0.05) is 18.2 Å². The number of hydrogen-bond acceptors (Lipinski definition) is 4. The molecule has 1 fully saturated rings. The zero-order chi connectivity index (χ0) is 11.7. The molecular weight excluding hydrogens is 194 g/mol. The highest BCUT2D eigenvalue weighted by molar-refractivity contribution is 4.96. The van der Waals surface area contributed by atoms with Crippen molar-refractivity contribution in [3.05, 3.63) is 0 Å². The van der Waals surface area contributed by atoms with Crippen molar-refractivity contribution in [2.75, 3.05) is 13.9 Å². The van der Waals surface area contributed by atoms with E-state index < -0.39 is 0 Å². The van der Waals surface area contributed by atoms with Crippen molar-refractivity contribution in [1.82, 2.24) is 5.06 Å². The molecular formula is C11H23NO3. The lowest BCUT2D eigenvalue weighted by Crippen LogP contribution is -2.60. The Morgan fingerprint density at radius 3 is 2.07 bits per heavy atom. The SMILES string of the molecule is COCOC1CC(C)(C)N(O)C(C)(C)C1. The Kier molecular flexibility index (Phi) is 3.76. The summed E-state index contributed by atoms with van der Waals surface area (Å²) >= 11 is 0. The van der Waals surface area contributed by atoms with Crippen LogP contribution in [0.2, 0.25) is 0 Å². The van der Waals surface area contributed by atoms with Gasteiger partial charge in [-0.2, -0.15) is 5.06 Å². The normalized spacial score (nSPS) is 26.8. The van der Waals surface area contributed by atoms with Crippen molar-refractivity contribution in [3.63, 3.8) is 0 Å². The monoisotopic (exact) mass is 217 g/mol. The molecule has 0 aliphatic carbocycles. The van der Waals surface area contributed by atoms with Gasteiger partial charge in [-0.1, -0.05) is 0 Å². The minimum atomic E-state index is -0.250. The summed E-state index contributed by atoms with van der Waals surface area (Å²) in [6, 6.07) is 0. The Morgan fingerprint density at radius 2 is 1.67 bits per heavy atom. The van der Waals surface area contributed by atoms with Gasteiger partial charge in [-0.15, -0.1) is 0 Å². The highest BCUT2D eigenvalue weighted by Gasteiger charge is 2.45. The van der Waals surface area contributed by atoms with Gasteiger partial charge in [-0.3, -0.25) is 0 Å². The van der Waals surface area contributed by atoms with Crippen LogP contribution in [0.15, 0.2) is 0 Å². The molecule has 1 saturated heterocycles. The Balaban J connectivity index is 2.66. The van der Waals surface area contributed by atoms with Crippen LogP contribution < -0.4 is 0 Å². The molecule has 0 radical (unpaired) electrons. The van der Waals surface area contributed by atoms with Crippen LogP contribution in [0.1, 0.15) is 40.5 Å². The maximum atomic E-state index is 10.1. The van der Waals surface area contributed by atoms with E-state index in [2.05, 4.69) is 0 Å². The summed E-state index contributed by atoms with van der Waals surface area (Å²) in [5.41, 5.74) is -0.500. The third kappa shape index (κ3) is 2.91. The zero-order valence-corrected chi connectivity index (χ0v) is 10.4. The van der Waals surface area contributed by atoms with Crippen molar-refractivity contribution in [1.29, 1.82) is 0 Å². The van der Waals surface area contributed by atoms with Gasteiger partial charge in [0.1, 0.15) is 6.79 Å². The van der Waals surface area contributed by atoms with Gasteiger partial charge < -0.3 is 14.7 Å². The molecule has 1 aliphatic heterocycles. The summed E-state index contributed by atoms with van der Waals surface area (Å²) in [6.07, 6.45) is 1.78. The Labute approximate surface area is 92.1 Å². The lowest BCUT2D eigenvalue weighted by molar-refractivity contribution is -0.266. The smallest absolute Gasteiger partial charge is 0.146 e. The van der Waals surface area contributed by atoms with E-state index in [1.165, 1.54) is 5.06 Å². The molecule has 0 aromatic rings. The van der Waals surface area contributed by atoms with Crippen LogP contribution >= 0.6 is 0 Å². The van der Waals surface area contributed by atoms with Crippen LogP contribution in [0.25, 0.3) is 0 Å². The van der Waals surface area contributed by atoms with Crippen molar-refractivity contribution in [2.45, 2.75) is 57.7 Å². The first-order valence-corrected chi connectivity index (χ1v) is 5.39. The summed E-state index contributed by atoms with van der Waals surface area (Å²) in [5.74, 6) is 0. The third-order valence-corrected chi connectivity index (χ3v) is 3.02. The average Bonchev–Trinajstić information content (AvgIpc) is 2.10. The van der Waals surface area contributed by atoms with Crippen molar-refractivity contribution < 1.29 is 14.7 Å². The summed E-state index contributed by atoms with van der Waals surface area (Å²) in [5, 5.41) is 11.5. The molecule has 1 N–H and O–H groups in total. The highest BCUT2D eigenvalue weighted by Crippen LogP contribution is 2.37. The maximum Gasteiger partial charge on any atom is 0.146 e. The van der Waals surface area contributed by atoms with Crippen molar-refractivity contribution in [2.24, 2.45) is 0 Å². The van der Waals surface area contributed by atoms with Crippen LogP contribution in [0.5, 0.6) is 0 Å². The van der Waals surface area contributed by atoms with Crippen LogP contribution in [-0.2, 0) is 9.47 Å². The minimum absolute atomic E-state index is 0.151. The maximum absolute atomic E-state index is 10.1. The average molecular weight is 217 g/mol. The van der Waals surface area contributed by atoms with Crippen LogP contribution in [0, 0.1) is 0 Å². The topological polar surface area (TPSA) is 41.9 Å². The molecule has 1 heterocycles. The van der Waals surface area contributed by atoms with Gasteiger partial charge in [-0.25, -0.2) is 0 Å². The summed E-state index contributed by atoms with van der Waals surface area (Å²) in [4.78, 5) is 0. The van der Waals surface area contributed by atoms with Crippen LogP contribution in [-0.4, -0.2) is 41.4 Å². The lowest BCUT2D eigenvalue weighted by atomic mass is 9.80. The fourth-order valence-electron chi connectivity index (χ4n) is 2.46. The second-order valence-electron chi connectivity index (χ2n) is 5.54. The molecule has 15 heavy (non-hydrogen) atoms. The minimum Gasteiger partial charge on any atom is -0.359 e. The fourth-order valence-corrected chi connectivity index (χ4v) is 2.46. The van der Waals surface area contributed by atoms with E-state index in [1.54, 1.807) is 7.11 Å². The molecule has 4 nitrogen and oxygen atoms in total. The van der Waals surface area contributed by atoms with E-state index in [0.717, 1.165) is 12.8 Å². The molecule has 0 unspecified atom stereocenters. The largest absolute Gasteiger partial charge is 0.359 e. The van der Waals surface area contributed by atoms with Gasteiger partial charge in [0.15, 0.2) is 0 Å². The number of rotatable bonds is 3. The van der Waals surface area contributed by atoms with Crippen molar-refractivity contribution >= 4 is 0 Å².